The highest BCUT2D eigenvalue weighted by Crippen LogP contribution is 2.23. The van der Waals surface area contributed by atoms with E-state index in [1.54, 1.807) is 23.5 Å². The number of nitro benzene ring substituents is 1. The Labute approximate surface area is 107 Å². The van der Waals surface area contributed by atoms with Gasteiger partial charge in [-0.05, 0) is 23.6 Å². The van der Waals surface area contributed by atoms with Gasteiger partial charge in [0.2, 0.25) is 0 Å². The molecule has 0 atom stereocenters. The van der Waals surface area contributed by atoms with Crippen molar-refractivity contribution >= 4 is 27.9 Å². The lowest BCUT2D eigenvalue weighted by Gasteiger charge is -2.03. The minimum absolute atomic E-state index is 0.133. The molecule has 0 bridgehead atoms. The van der Waals surface area contributed by atoms with Crippen LogP contribution in [0.15, 0.2) is 48.0 Å². The number of thiophene rings is 1. The van der Waals surface area contributed by atoms with Gasteiger partial charge in [0.1, 0.15) is 0 Å². The number of fused-ring (bicyclic) bond motifs is 1. The predicted octanol–water partition coefficient (Wildman–Crippen LogP) is 3.66. The van der Waals surface area contributed by atoms with Crippen molar-refractivity contribution in [2.75, 3.05) is 0 Å². The molecule has 0 aliphatic carbocycles. The number of hydrogen-bond donors (Lipinski definition) is 0. The normalized spacial score (nSPS) is 10.9. The maximum absolute atomic E-state index is 10.8. The van der Waals surface area contributed by atoms with Gasteiger partial charge in [-0.1, -0.05) is 6.07 Å². The fourth-order valence-electron chi connectivity index (χ4n) is 1.99. The molecule has 2 heterocycles. The Hall–Kier alpha value is -2.14. The molecule has 3 aromatic rings. The van der Waals surface area contributed by atoms with Gasteiger partial charge in [0, 0.05) is 28.6 Å². The van der Waals surface area contributed by atoms with Crippen LogP contribution in [-0.2, 0) is 6.54 Å². The van der Waals surface area contributed by atoms with Crippen molar-refractivity contribution in [2.45, 2.75) is 6.54 Å². The van der Waals surface area contributed by atoms with E-state index < -0.39 is 0 Å². The summed E-state index contributed by atoms with van der Waals surface area (Å²) in [6.07, 6.45) is 1.97. The first kappa shape index (κ1) is 11.0. The standard InChI is InChI=1S/C13H10N2O2S/c16-15(17)11-4-3-10-5-6-14(13(10)8-11)9-12-2-1-7-18-12/h1-8H,9H2. The van der Waals surface area contributed by atoms with E-state index in [1.165, 1.54) is 10.9 Å². The van der Waals surface area contributed by atoms with Crippen molar-refractivity contribution in [3.8, 4) is 0 Å². The fraction of sp³-hybridized carbons (Fsp3) is 0.0769. The summed E-state index contributed by atoms with van der Waals surface area (Å²) in [6, 6.07) is 11.0. The topological polar surface area (TPSA) is 48.1 Å². The Morgan fingerprint density at radius 3 is 2.89 bits per heavy atom. The lowest BCUT2D eigenvalue weighted by molar-refractivity contribution is -0.384. The molecule has 4 nitrogen and oxygen atoms in total. The van der Waals surface area contributed by atoms with Crippen LogP contribution in [0.1, 0.15) is 4.88 Å². The summed E-state index contributed by atoms with van der Waals surface area (Å²) in [5.41, 5.74) is 1.03. The molecule has 0 aliphatic heterocycles. The van der Waals surface area contributed by atoms with E-state index in [0.29, 0.717) is 0 Å². The molecule has 0 N–H and O–H groups in total. The van der Waals surface area contributed by atoms with Gasteiger partial charge in [0.25, 0.3) is 5.69 Å². The molecule has 5 heteroatoms. The molecule has 18 heavy (non-hydrogen) atoms. The monoisotopic (exact) mass is 258 g/mol. The molecule has 0 radical (unpaired) electrons. The van der Waals surface area contributed by atoms with Crippen LogP contribution in [0.2, 0.25) is 0 Å². The highest BCUT2D eigenvalue weighted by Gasteiger charge is 2.09. The summed E-state index contributed by atoms with van der Waals surface area (Å²) >= 11 is 1.69. The molecule has 0 saturated carbocycles. The molecular weight excluding hydrogens is 248 g/mol. The average molecular weight is 258 g/mol. The molecule has 0 fully saturated rings. The van der Waals surface area contributed by atoms with Crippen LogP contribution >= 0.6 is 11.3 Å². The highest BCUT2D eigenvalue weighted by molar-refractivity contribution is 7.09. The minimum Gasteiger partial charge on any atom is -0.342 e. The molecule has 3 rings (SSSR count). The van der Waals surface area contributed by atoms with Crippen LogP contribution in [0.4, 0.5) is 5.69 Å². The summed E-state index contributed by atoms with van der Waals surface area (Å²) in [6.45, 7) is 0.752. The molecule has 0 amide bonds. The SMILES string of the molecule is O=[N+]([O-])c1ccc2ccn(Cc3cccs3)c2c1. The molecule has 0 saturated heterocycles. The summed E-state index contributed by atoms with van der Waals surface area (Å²) in [5.74, 6) is 0. The third kappa shape index (κ3) is 1.89. The van der Waals surface area contributed by atoms with Crippen molar-refractivity contribution in [1.82, 2.24) is 4.57 Å². The summed E-state index contributed by atoms with van der Waals surface area (Å²) in [5, 5.41) is 13.8. The van der Waals surface area contributed by atoms with E-state index in [4.69, 9.17) is 0 Å². The summed E-state index contributed by atoms with van der Waals surface area (Å²) < 4.78 is 2.04. The summed E-state index contributed by atoms with van der Waals surface area (Å²) in [7, 11) is 0. The molecule has 90 valence electrons. The van der Waals surface area contributed by atoms with Crippen LogP contribution in [0, 0.1) is 10.1 Å². The van der Waals surface area contributed by atoms with Gasteiger partial charge in [-0.15, -0.1) is 11.3 Å². The van der Waals surface area contributed by atoms with E-state index >= 15 is 0 Å². The zero-order valence-corrected chi connectivity index (χ0v) is 10.3. The van der Waals surface area contributed by atoms with Gasteiger partial charge in [-0.25, -0.2) is 0 Å². The van der Waals surface area contributed by atoms with Crippen LogP contribution < -0.4 is 0 Å². The Morgan fingerprint density at radius 2 is 2.17 bits per heavy atom. The Balaban J connectivity index is 2.06. The van der Waals surface area contributed by atoms with E-state index in [0.717, 1.165) is 17.4 Å². The van der Waals surface area contributed by atoms with E-state index in [2.05, 4.69) is 6.07 Å². The van der Waals surface area contributed by atoms with Crippen molar-refractivity contribution < 1.29 is 4.92 Å². The van der Waals surface area contributed by atoms with Crippen LogP contribution in [0.5, 0.6) is 0 Å². The van der Waals surface area contributed by atoms with Crippen LogP contribution in [-0.4, -0.2) is 9.49 Å². The first-order valence-corrected chi connectivity index (χ1v) is 6.38. The molecule has 2 aromatic heterocycles. The van der Waals surface area contributed by atoms with E-state index in [1.807, 2.05) is 28.3 Å². The first-order valence-electron chi connectivity index (χ1n) is 5.50. The second-order valence-corrected chi connectivity index (χ2v) is 5.06. The Morgan fingerprint density at radius 1 is 1.28 bits per heavy atom. The smallest absolute Gasteiger partial charge is 0.271 e. The van der Waals surface area contributed by atoms with E-state index in [-0.39, 0.29) is 10.6 Å². The maximum atomic E-state index is 10.8. The lowest BCUT2D eigenvalue weighted by atomic mass is 10.2. The number of nitro groups is 1. The predicted molar refractivity (Wildman–Crippen MR) is 72.0 cm³/mol. The van der Waals surface area contributed by atoms with E-state index in [9.17, 15) is 10.1 Å². The first-order chi connectivity index (χ1) is 8.74. The molecule has 0 spiro atoms. The van der Waals surface area contributed by atoms with Gasteiger partial charge in [0.05, 0.1) is 17.0 Å². The van der Waals surface area contributed by atoms with Crippen molar-refractivity contribution in [1.29, 1.82) is 0 Å². The van der Waals surface area contributed by atoms with Crippen LogP contribution in [0.25, 0.3) is 10.9 Å². The van der Waals surface area contributed by atoms with Crippen LogP contribution in [0.3, 0.4) is 0 Å². The van der Waals surface area contributed by atoms with Gasteiger partial charge in [-0.3, -0.25) is 10.1 Å². The van der Waals surface area contributed by atoms with Crippen molar-refractivity contribution in [2.24, 2.45) is 0 Å². The van der Waals surface area contributed by atoms with Gasteiger partial charge in [-0.2, -0.15) is 0 Å². The second kappa shape index (κ2) is 4.27. The zero-order chi connectivity index (χ0) is 12.5. The number of non-ortho nitro benzene ring substituents is 1. The van der Waals surface area contributed by atoms with Gasteiger partial charge < -0.3 is 4.57 Å². The second-order valence-electron chi connectivity index (χ2n) is 4.02. The molecule has 0 aliphatic rings. The fourth-order valence-corrected chi connectivity index (χ4v) is 2.70. The Kier molecular flexibility index (Phi) is 2.60. The Bertz CT molecular complexity index is 701. The van der Waals surface area contributed by atoms with Gasteiger partial charge in [0.15, 0.2) is 0 Å². The molecule has 0 unspecified atom stereocenters. The highest BCUT2D eigenvalue weighted by atomic mass is 32.1. The average Bonchev–Trinajstić information content (AvgIpc) is 2.99. The number of hydrogen-bond acceptors (Lipinski definition) is 3. The van der Waals surface area contributed by atoms with Crippen molar-refractivity contribution in [3.63, 3.8) is 0 Å². The molecule has 1 aromatic carbocycles. The number of nitrogens with zero attached hydrogens (tertiary/aromatic N) is 2. The number of rotatable bonds is 3. The number of aromatic nitrogens is 1. The maximum Gasteiger partial charge on any atom is 0.271 e. The minimum atomic E-state index is -0.359. The number of benzene rings is 1. The lowest BCUT2D eigenvalue weighted by Crippen LogP contribution is -1.96. The quantitative estimate of drug-likeness (QED) is 0.531. The largest absolute Gasteiger partial charge is 0.342 e. The van der Waals surface area contributed by atoms with Crippen molar-refractivity contribution in [3.05, 3.63) is 63.0 Å². The molecular formula is C13H10N2O2S. The summed E-state index contributed by atoms with van der Waals surface area (Å²) in [4.78, 5) is 11.7. The van der Waals surface area contributed by atoms with Gasteiger partial charge >= 0.3 is 0 Å². The zero-order valence-electron chi connectivity index (χ0n) is 9.45. The third-order valence-electron chi connectivity index (χ3n) is 2.87. The third-order valence-corrected chi connectivity index (χ3v) is 3.74.